The number of aliphatic hydroxyl groups excluding tert-OH is 1. The van der Waals surface area contributed by atoms with Crippen LogP contribution in [0.1, 0.15) is 34.6 Å². The number of benzene rings is 4. The number of hydrogen-bond acceptors (Lipinski definition) is 11. The van der Waals surface area contributed by atoms with E-state index in [4.69, 9.17) is 21.8 Å². The maximum Gasteiger partial charge on any atom is 0.471 e. The molecular weight excluding hydrogens is 1020 g/mol. The van der Waals surface area contributed by atoms with Gasteiger partial charge in [0.05, 0.1) is 19.8 Å². The van der Waals surface area contributed by atoms with Crippen molar-refractivity contribution in [2.75, 3.05) is 19.5 Å². The van der Waals surface area contributed by atoms with Crippen LogP contribution in [0.15, 0.2) is 141 Å². The number of esters is 1. The van der Waals surface area contributed by atoms with Crippen molar-refractivity contribution in [3.05, 3.63) is 121 Å². The highest BCUT2D eigenvalue weighted by Gasteiger charge is 2.41. The average Bonchev–Trinajstić information content (AvgIpc) is 3.28. The lowest BCUT2D eigenvalue weighted by Gasteiger charge is -2.19. The predicted octanol–water partition coefficient (Wildman–Crippen LogP) is 10.7. The maximum atomic E-state index is 12.0. The van der Waals surface area contributed by atoms with Crippen molar-refractivity contribution in [2.24, 2.45) is 0 Å². The molecule has 0 aliphatic rings. The van der Waals surface area contributed by atoms with E-state index in [9.17, 15) is 58.7 Å². The number of nitrogens with one attached hydrogen (secondary N) is 3. The number of carbonyl (C=O) groups excluding carboxylic acids is 4. The third kappa shape index (κ3) is 31.0. The van der Waals surface area contributed by atoms with Gasteiger partial charge in [-0.3, -0.25) is 14.4 Å². The summed E-state index contributed by atoms with van der Waals surface area (Å²) in [6, 6.07) is 36.9. The van der Waals surface area contributed by atoms with Gasteiger partial charge in [-0.2, -0.15) is 39.5 Å². The summed E-state index contributed by atoms with van der Waals surface area (Å²) in [5.74, 6) is -6.12. The van der Waals surface area contributed by atoms with Crippen LogP contribution in [0.5, 0.6) is 0 Å². The van der Waals surface area contributed by atoms with E-state index in [0.29, 0.717) is 5.75 Å². The van der Waals surface area contributed by atoms with Crippen LogP contribution < -0.4 is 16.0 Å². The summed E-state index contributed by atoms with van der Waals surface area (Å²) in [4.78, 5) is 46.2. The number of aliphatic hydroxyl groups is 2. The Kier molecular flexibility index (Phi) is 30.5. The van der Waals surface area contributed by atoms with E-state index in [-0.39, 0.29) is 0 Å². The lowest BCUT2D eigenvalue weighted by atomic mass is 10.1. The van der Waals surface area contributed by atoms with Crippen molar-refractivity contribution < 1.29 is 73.6 Å². The summed E-state index contributed by atoms with van der Waals surface area (Å²) in [5.41, 5.74) is -1.35. The van der Waals surface area contributed by atoms with E-state index in [2.05, 4.69) is 53.3 Å². The quantitative estimate of drug-likeness (QED) is 0.0270. The molecule has 0 spiro atoms. The highest BCUT2D eigenvalue weighted by molar-refractivity contribution is 8.76. The first kappa shape index (κ1) is 63.7. The molecule has 4 atom stereocenters. The summed E-state index contributed by atoms with van der Waals surface area (Å²) in [7, 11) is 4.82. The Morgan fingerprint density at radius 3 is 1.21 bits per heavy atom. The van der Waals surface area contributed by atoms with Gasteiger partial charge in [0.15, 0.2) is 5.60 Å². The van der Waals surface area contributed by atoms with Crippen LogP contribution in [0.3, 0.4) is 0 Å². The third-order valence-corrected chi connectivity index (χ3v) is 12.7. The maximum absolute atomic E-state index is 12.0. The third-order valence-electron chi connectivity index (χ3n) is 7.19. The molecule has 0 aliphatic heterocycles. The van der Waals surface area contributed by atoms with Gasteiger partial charge in [0.1, 0.15) is 4.71 Å². The molecule has 0 aliphatic carbocycles. The van der Waals surface area contributed by atoms with E-state index in [1.807, 2.05) is 59.2 Å². The molecule has 0 fully saturated rings. The van der Waals surface area contributed by atoms with E-state index in [1.54, 1.807) is 58.1 Å². The van der Waals surface area contributed by atoms with Crippen LogP contribution >= 0.6 is 56.7 Å². The number of halogens is 10. The Labute approximate surface area is 410 Å². The van der Waals surface area contributed by atoms with Gasteiger partial charge in [-0.25, -0.2) is 4.79 Å². The zero-order valence-corrected chi connectivity index (χ0v) is 41.1. The van der Waals surface area contributed by atoms with Gasteiger partial charge in [-0.15, -0.1) is 35.1 Å². The van der Waals surface area contributed by atoms with Crippen molar-refractivity contribution in [1.82, 2.24) is 16.0 Å². The molecule has 10 nitrogen and oxygen atoms in total. The smallest absolute Gasteiger partial charge is 0.467 e. The van der Waals surface area contributed by atoms with Crippen LogP contribution in [0.25, 0.3) is 0 Å². The normalized spacial score (nSPS) is 12.9. The standard InChI is InChI=1S/C12H10S2.C11H11ClF3NOS.C11H12F3NOS.C5H8F3NO2.C5H10O3/c1-3-7-11(8-4-1)13-14-12-9-5-2-6-10-12;1-7(16-10(17)11(13,14)15)9(12)18-8-5-3-2-4-6-8;1-8(15-10(16)11(12,13)14)7-17-9-5-3-2-4-6-9;1-3(2-10)9-4(11)5(6,7)8;1-5(2,7)4(6)8-3/h1-10H;2-7,9H,1H3,(H,16,17);2-6,8H,7H2,1H3,(H,15,16);3,10H,2H2,1H3,(H,9,11);7H,1-3H3. The second-order valence-corrected chi connectivity index (χ2v) is 19.2. The average molecular weight is 1070 g/mol. The largest absolute Gasteiger partial charge is 0.471 e. The Balaban J connectivity index is 0.000000846. The second kappa shape index (κ2) is 32.5. The van der Waals surface area contributed by atoms with Crippen LogP contribution in [0.2, 0.25) is 0 Å². The van der Waals surface area contributed by atoms with Gasteiger partial charge >= 0.3 is 42.2 Å². The van der Waals surface area contributed by atoms with Crippen LogP contribution in [-0.2, 0) is 23.9 Å². The molecule has 3 amide bonds. The first-order valence-corrected chi connectivity index (χ1v) is 24.0. The molecule has 0 aromatic heterocycles. The highest BCUT2D eigenvalue weighted by atomic mass is 35.5. The molecule has 4 unspecified atom stereocenters. The van der Waals surface area contributed by atoms with Gasteiger partial charge in [0.2, 0.25) is 0 Å². The second-order valence-electron chi connectivity index (χ2n) is 13.9. The van der Waals surface area contributed by atoms with Gasteiger partial charge in [0, 0.05) is 37.4 Å². The number of rotatable bonds is 14. The number of methoxy groups -OCH3 is 1. The minimum atomic E-state index is -4.89. The molecule has 378 valence electrons. The fraction of sp³-hybridized carbons (Fsp3) is 0.364. The molecule has 0 saturated heterocycles. The van der Waals surface area contributed by atoms with Crippen molar-refractivity contribution in [3.63, 3.8) is 0 Å². The molecular formula is C44H51ClF9N3O7S4. The number of carbonyl (C=O) groups is 4. The molecule has 0 saturated carbocycles. The number of amides is 3. The minimum absolute atomic E-state index is 0.395. The zero-order valence-electron chi connectivity index (χ0n) is 37.1. The molecule has 0 bridgehead atoms. The van der Waals surface area contributed by atoms with Crippen LogP contribution in [-0.4, -0.2) is 100 Å². The van der Waals surface area contributed by atoms with Crippen LogP contribution in [0.4, 0.5) is 39.5 Å². The summed E-state index contributed by atoms with van der Waals surface area (Å²) in [6.07, 6.45) is -14.6. The summed E-state index contributed by atoms with van der Waals surface area (Å²) >= 11 is 8.53. The van der Waals surface area contributed by atoms with Gasteiger partial charge in [0.25, 0.3) is 0 Å². The molecule has 68 heavy (non-hydrogen) atoms. The minimum Gasteiger partial charge on any atom is -0.467 e. The Hall–Kier alpha value is -4.26. The van der Waals surface area contributed by atoms with Crippen LogP contribution in [0, 0.1) is 0 Å². The lowest BCUT2D eigenvalue weighted by molar-refractivity contribution is -0.174. The molecule has 4 aromatic carbocycles. The number of alkyl halides is 10. The Morgan fingerprint density at radius 1 is 0.574 bits per heavy atom. The van der Waals surface area contributed by atoms with E-state index in [0.717, 1.165) is 9.79 Å². The Morgan fingerprint density at radius 2 is 0.897 bits per heavy atom. The van der Waals surface area contributed by atoms with Gasteiger partial charge in [-0.05, 0) is 83.1 Å². The fourth-order valence-corrected chi connectivity index (χ4v) is 7.89. The van der Waals surface area contributed by atoms with E-state index < -0.39 is 77.3 Å². The zero-order chi connectivity index (χ0) is 52.1. The van der Waals surface area contributed by atoms with Gasteiger partial charge < -0.3 is 30.9 Å². The number of ether oxygens (including phenoxy) is 1. The van der Waals surface area contributed by atoms with Gasteiger partial charge in [-0.1, -0.05) is 94.4 Å². The predicted molar refractivity (Wildman–Crippen MR) is 250 cm³/mol. The summed E-state index contributed by atoms with van der Waals surface area (Å²) in [6.45, 7) is 6.47. The molecule has 0 heterocycles. The van der Waals surface area contributed by atoms with E-state index >= 15 is 0 Å². The fourth-order valence-electron chi connectivity index (χ4n) is 3.82. The first-order chi connectivity index (χ1) is 31.5. The lowest BCUT2D eigenvalue weighted by Crippen LogP contribution is -2.44. The molecule has 24 heteroatoms. The molecule has 5 N–H and O–H groups in total. The topological polar surface area (TPSA) is 154 Å². The monoisotopic (exact) mass is 1070 g/mol. The number of hydrogen-bond donors (Lipinski definition) is 5. The van der Waals surface area contributed by atoms with E-state index in [1.165, 1.54) is 68.1 Å². The van der Waals surface area contributed by atoms with Crippen molar-refractivity contribution >= 4 is 80.4 Å². The number of thioether (sulfide) groups is 2. The van der Waals surface area contributed by atoms with Crippen molar-refractivity contribution in [1.29, 1.82) is 0 Å². The first-order valence-electron chi connectivity index (χ1n) is 19.5. The summed E-state index contributed by atoms with van der Waals surface area (Å²) < 4.78 is 110. The molecule has 4 aromatic rings. The van der Waals surface area contributed by atoms with Crippen molar-refractivity contribution in [3.8, 4) is 0 Å². The highest BCUT2D eigenvalue weighted by Crippen LogP contribution is 2.36. The molecule has 4 rings (SSSR count). The Bertz CT molecular complexity index is 1990. The summed E-state index contributed by atoms with van der Waals surface area (Å²) in [5, 5.41) is 22.4. The molecule has 0 radical (unpaired) electrons. The van der Waals surface area contributed by atoms with Crippen molar-refractivity contribution in [2.45, 2.75) is 101 Å². The SMILES string of the molecule is CC(CO)NC(=O)C(F)(F)F.CC(CSc1ccccc1)NC(=O)C(F)(F)F.CC(NC(=O)C(F)(F)F)C(Cl)Sc1ccccc1.COC(=O)C(C)(C)O.c1ccc(SSc2ccccc2)cc1.